The second kappa shape index (κ2) is 11.4. The van der Waals surface area contributed by atoms with Gasteiger partial charge in [-0.25, -0.2) is 14.8 Å². The predicted octanol–water partition coefficient (Wildman–Crippen LogP) is 4.24. The number of nitrogens with one attached hydrogen (secondary N) is 2. The smallest absolute Gasteiger partial charge is 0.416 e. The number of hydrogen-bond donors (Lipinski definition) is 3. The maximum Gasteiger partial charge on any atom is 0.416 e. The van der Waals surface area contributed by atoms with Crippen LogP contribution in [0.25, 0.3) is 0 Å². The number of alkyl halides is 3. The van der Waals surface area contributed by atoms with Gasteiger partial charge in [0.25, 0.3) is 0 Å². The van der Waals surface area contributed by atoms with Crippen LogP contribution in [0.2, 0.25) is 0 Å². The van der Waals surface area contributed by atoms with E-state index in [-0.39, 0.29) is 23.0 Å². The molecule has 1 aliphatic heterocycles. The summed E-state index contributed by atoms with van der Waals surface area (Å²) in [5.41, 5.74) is 2.20. The maximum absolute atomic E-state index is 14.1. The monoisotopic (exact) mass is 533 g/mol. The molecule has 2 aromatic heterocycles. The SMILES string of the molecule is CC(C(=O)O)c1ccc(Nc2ccc(/C=N/Nc3ncc(F)c(N4CCOCC4)n3)nc2)cc1C(F)(F)F. The van der Waals surface area contributed by atoms with Gasteiger partial charge in [-0.05, 0) is 36.8 Å². The van der Waals surface area contributed by atoms with E-state index in [0.717, 1.165) is 18.3 Å². The summed E-state index contributed by atoms with van der Waals surface area (Å²) in [7, 11) is 0. The van der Waals surface area contributed by atoms with Crippen molar-refractivity contribution in [2.75, 3.05) is 41.9 Å². The van der Waals surface area contributed by atoms with Crippen LogP contribution in [0.15, 0.2) is 47.8 Å². The van der Waals surface area contributed by atoms with Crippen LogP contribution in [0.5, 0.6) is 0 Å². The largest absolute Gasteiger partial charge is 0.481 e. The minimum Gasteiger partial charge on any atom is -0.481 e. The maximum atomic E-state index is 14.1. The Bertz CT molecular complexity index is 1310. The van der Waals surface area contributed by atoms with Crippen LogP contribution in [-0.2, 0) is 15.7 Å². The van der Waals surface area contributed by atoms with Gasteiger partial charge < -0.3 is 20.1 Å². The molecule has 1 aromatic carbocycles. The first-order valence-corrected chi connectivity index (χ1v) is 11.4. The molecule has 0 amide bonds. The zero-order valence-electron chi connectivity index (χ0n) is 20.0. The molecule has 10 nitrogen and oxygen atoms in total. The van der Waals surface area contributed by atoms with Crippen molar-refractivity contribution in [1.29, 1.82) is 0 Å². The summed E-state index contributed by atoms with van der Waals surface area (Å²) in [5, 5.41) is 15.9. The molecule has 0 bridgehead atoms. The number of benzene rings is 1. The zero-order valence-corrected chi connectivity index (χ0v) is 20.0. The summed E-state index contributed by atoms with van der Waals surface area (Å²) >= 11 is 0. The topological polar surface area (TPSA) is 125 Å². The van der Waals surface area contributed by atoms with E-state index in [2.05, 4.69) is 30.8 Å². The molecule has 3 aromatic rings. The Balaban J connectivity index is 1.41. The molecule has 200 valence electrons. The third-order valence-electron chi connectivity index (χ3n) is 5.67. The van der Waals surface area contributed by atoms with E-state index in [4.69, 9.17) is 9.84 Å². The fourth-order valence-electron chi connectivity index (χ4n) is 3.68. The average Bonchev–Trinajstić information content (AvgIpc) is 2.90. The van der Waals surface area contributed by atoms with E-state index in [9.17, 15) is 22.4 Å². The van der Waals surface area contributed by atoms with Gasteiger partial charge in [0.05, 0.1) is 54.7 Å². The lowest BCUT2D eigenvalue weighted by molar-refractivity contribution is -0.141. The molecule has 14 heteroatoms. The summed E-state index contributed by atoms with van der Waals surface area (Å²) in [6.07, 6.45) is -0.908. The van der Waals surface area contributed by atoms with E-state index in [1.165, 1.54) is 25.4 Å². The molecule has 3 N–H and O–H groups in total. The number of aliphatic carboxylic acids is 1. The first-order valence-electron chi connectivity index (χ1n) is 11.4. The highest BCUT2D eigenvalue weighted by molar-refractivity contribution is 5.78. The zero-order chi connectivity index (χ0) is 27.3. The molecule has 4 rings (SSSR count). The van der Waals surface area contributed by atoms with Crippen molar-refractivity contribution in [1.82, 2.24) is 15.0 Å². The van der Waals surface area contributed by atoms with Crippen LogP contribution < -0.4 is 15.6 Å². The van der Waals surface area contributed by atoms with Crippen molar-refractivity contribution >= 4 is 35.3 Å². The summed E-state index contributed by atoms with van der Waals surface area (Å²) in [6.45, 7) is 3.15. The van der Waals surface area contributed by atoms with Crippen molar-refractivity contribution in [2.24, 2.45) is 5.10 Å². The third-order valence-corrected chi connectivity index (χ3v) is 5.67. The van der Waals surface area contributed by atoms with E-state index < -0.39 is 29.4 Å². The standard InChI is InChI=1S/C24H23F4N7O3/c1-14(22(36)37)18-5-4-15(10-19(18)24(26,27)28)32-17-3-2-16(29-11-17)12-31-34-23-30-13-20(25)21(33-23)35-6-8-38-9-7-35/h2-5,10-14,32H,6-9H2,1H3,(H,36,37)(H,30,33,34)/b31-12+. The van der Waals surface area contributed by atoms with Gasteiger partial charge in [-0.15, -0.1) is 0 Å². The highest BCUT2D eigenvalue weighted by Gasteiger charge is 2.36. The number of hydrazone groups is 1. The van der Waals surface area contributed by atoms with Crippen molar-refractivity contribution in [2.45, 2.75) is 19.0 Å². The average molecular weight is 533 g/mol. The summed E-state index contributed by atoms with van der Waals surface area (Å²) < 4.78 is 60.0. The number of rotatable bonds is 8. The molecule has 1 atom stereocenters. The van der Waals surface area contributed by atoms with Crippen LogP contribution >= 0.6 is 0 Å². The van der Waals surface area contributed by atoms with E-state index in [0.29, 0.717) is 37.7 Å². The minimum absolute atomic E-state index is 0.0866. The Kier molecular flexibility index (Phi) is 8.00. The van der Waals surface area contributed by atoms with Gasteiger partial charge in [0.2, 0.25) is 5.95 Å². The molecule has 1 saturated heterocycles. The van der Waals surface area contributed by atoms with Gasteiger partial charge in [0, 0.05) is 18.8 Å². The molecule has 1 aliphatic rings. The van der Waals surface area contributed by atoms with Crippen LogP contribution in [0.4, 0.5) is 40.7 Å². The quantitative estimate of drug-likeness (QED) is 0.221. The molecule has 1 fully saturated rings. The first-order chi connectivity index (χ1) is 18.1. The Labute approximate surface area is 214 Å². The number of nitrogens with zero attached hydrogens (tertiary/aromatic N) is 5. The van der Waals surface area contributed by atoms with Gasteiger partial charge in [-0.1, -0.05) is 6.07 Å². The summed E-state index contributed by atoms with van der Waals surface area (Å²) in [5.74, 6) is -2.99. The number of carbonyl (C=O) groups is 1. The number of pyridine rings is 1. The lowest BCUT2D eigenvalue weighted by Gasteiger charge is -2.27. The van der Waals surface area contributed by atoms with Gasteiger partial charge in [-0.3, -0.25) is 9.78 Å². The second-order valence-corrected chi connectivity index (χ2v) is 8.29. The van der Waals surface area contributed by atoms with Crippen LogP contribution in [-0.4, -0.2) is 58.5 Å². The minimum atomic E-state index is -4.72. The molecule has 38 heavy (non-hydrogen) atoms. The van der Waals surface area contributed by atoms with E-state index >= 15 is 0 Å². The Morgan fingerprint density at radius 1 is 1.16 bits per heavy atom. The Morgan fingerprint density at radius 2 is 1.89 bits per heavy atom. The number of hydrogen-bond acceptors (Lipinski definition) is 9. The van der Waals surface area contributed by atoms with Gasteiger partial charge in [0.15, 0.2) is 11.6 Å². The number of aromatic nitrogens is 3. The number of carboxylic acid groups (broad SMARTS) is 1. The van der Waals surface area contributed by atoms with E-state index in [1.807, 2.05) is 0 Å². The van der Waals surface area contributed by atoms with Crippen LogP contribution in [0.1, 0.15) is 29.7 Å². The molecule has 0 saturated carbocycles. The number of halogens is 4. The molecule has 0 spiro atoms. The fourth-order valence-corrected chi connectivity index (χ4v) is 3.68. The number of ether oxygens (including phenoxy) is 1. The molecular weight excluding hydrogens is 510 g/mol. The Morgan fingerprint density at radius 3 is 2.55 bits per heavy atom. The molecule has 0 aliphatic carbocycles. The lowest BCUT2D eigenvalue weighted by Crippen LogP contribution is -2.37. The highest BCUT2D eigenvalue weighted by atomic mass is 19.4. The molecule has 0 radical (unpaired) electrons. The van der Waals surface area contributed by atoms with Crippen LogP contribution in [0.3, 0.4) is 0 Å². The predicted molar refractivity (Wildman–Crippen MR) is 131 cm³/mol. The third kappa shape index (κ3) is 6.51. The first kappa shape index (κ1) is 26.7. The number of morpholine rings is 1. The van der Waals surface area contributed by atoms with Crippen LogP contribution in [0, 0.1) is 5.82 Å². The van der Waals surface area contributed by atoms with Gasteiger partial charge in [0.1, 0.15) is 0 Å². The van der Waals surface area contributed by atoms with Gasteiger partial charge in [-0.2, -0.15) is 23.3 Å². The van der Waals surface area contributed by atoms with E-state index in [1.54, 1.807) is 17.0 Å². The summed E-state index contributed by atoms with van der Waals surface area (Å²) in [6, 6.07) is 6.54. The highest BCUT2D eigenvalue weighted by Crippen LogP contribution is 2.37. The lowest BCUT2D eigenvalue weighted by atomic mass is 9.95. The van der Waals surface area contributed by atoms with Crippen molar-refractivity contribution in [3.05, 3.63) is 65.4 Å². The summed E-state index contributed by atoms with van der Waals surface area (Å²) in [4.78, 5) is 25.1. The van der Waals surface area contributed by atoms with Crippen molar-refractivity contribution in [3.63, 3.8) is 0 Å². The molecule has 1 unspecified atom stereocenters. The number of carboxylic acids is 1. The number of anilines is 4. The molecule has 3 heterocycles. The van der Waals surface area contributed by atoms with Crippen molar-refractivity contribution in [3.8, 4) is 0 Å². The van der Waals surface area contributed by atoms with Gasteiger partial charge >= 0.3 is 12.1 Å². The van der Waals surface area contributed by atoms with Crippen molar-refractivity contribution < 1.29 is 32.2 Å². The molecular formula is C24H23F4N7O3. The Hall–Kier alpha value is -4.33. The fraction of sp³-hybridized carbons (Fsp3) is 0.292. The normalized spacial score (nSPS) is 14.9. The second-order valence-electron chi connectivity index (χ2n) is 8.29.